The third-order valence-corrected chi connectivity index (χ3v) is 2.91. The zero-order valence-corrected chi connectivity index (χ0v) is 10.7. The Morgan fingerprint density at radius 3 is 2.33 bits per heavy atom. The minimum Gasteiger partial charge on any atom is -0.451 e. The summed E-state index contributed by atoms with van der Waals surface area (Å²) in [6.07, 6.45) is 0. The molecule has 94 valence electrons. The maximum Gasteiger partial charge on any atom is 0.166 e. The van der Waals surface area contributed by atoms with Gasteiger partial charge < -0.3 is 4.74 Å². The summed E-state index contributed by atoms with van der Waals surface area (Å²) in [6, 6.07) is 7.02. The van der Waals surface area contributed by atoms with Crippen LogP contribution in [0.15, 0.2) is 36.4 Å². The Balaban J connectivity index is 2.31. The van der Waals surface area contributed by atoms with E-state index in [0.29, 0.717) is 5.33 Å². The highest BCUT2D eigenvalue weighted by Gasteiger charge is 2.10. The van der Waals surface area contributed by atoms with Gasteiger partial charge in [-0.1, -0.05) is 22.0 Å². The molecule has 0 saturated carbocycles. The number of halogens is 4. The van der Waals surface area contributed by atoms with E-state index in [2.05, 4.69) is 15.9 Å². The molecule has 5 heteroatoms. The van der Waals surface area contributed by atoms with Crippen molar-refractivity contribution < 1.29 is 17.9 Å². The number of hydrogen-bond donors (Lipinski definition) is 0. The van der Waals surface area contributed by atoms with Gasteiger partial charge in [0.1, 0.15) is 5.82 Å². The molecule has 0 aliphatic heterocycles. The van der Waals surface area contributed by atoms with Gasteiger partial charge in [-0.05, 0) is 29.8 Å². The molecule has 0 aliphatic rings. The third-order valence-electron chi connectivity index (χ3n) is 2.26. The number of alkyl halides is 1. The smallest absolute Gasteiger partial charge is 0.166 e. The second kappa shape index (κ2) is 5.44. The van der Waals surface area contributed by atoms with E-state index in [1.165, 1.54) is 12.1 Å². The lowest BCUT2D eigenvalue weighted by Crippen LogP contribution is -1.93. The largest absolute Gasteiger partial charge is 0.451 e. The molecule has 0 heterocycles. The second-order valence-electron chi connectivity index (χ2n) is 3.58. The predicted molar refractivity (Wildman–Crippen MR) is 65.5 cm³/mol. The van der Waals surface area contributed by atoms with E-state index < -0.39 is 17.5 Å². The van der Waals surface area contributed by atoms with Gasteiger partial charge in [0.2, 0.25) is 0 Å². The Morgan fingerprint density at radius 1 is 0.889 bits per heavy atom. The van der Waals surface area contributed by atoms with E-state index in [1.807, 2.05) is 0 Å². The zero-order valence-electron chi connectivity index (χ0n) is 9.09. The molecule has 2 aromatic rings. The van der Waals surface area contributed by atoms with Crippen LogP contribution < -0.4 is 4.74 Å². The van der Waals surface area contributed by atoms with Crippen LogP contribution in [0, 0.1) is 17.5 Å². The highest BCUT2D eigenvalue weighted by atomic mass is 79.9. The van der Waals surface area contributed by atoms with Crippen LogP contribution in [0.1, 0.15) is 5.56 Å². The Kier molecular flexibility index (Phi) is 3.91. The Morgan fingerprint density at radius 2 is 1.67 bits per heavy atom. The van der Waals surface area contributed by atoms with Crippen LogP contribution in [0.3, 0.4) is 0 Å². The van der Waals surface area contributed by atoms with Gasteiger partial charge in [-0.3, -0.25) is 0 Å². The van der Waals surface area contributed by atoms with Crippen molar-refractivity contribution >= 4 is 15.9 Å². The molecule has 0 saturated heterocycles. The molecular weight excluding hydrogens is 309 g/mol. The molecule has 2 rings (SSSR count). The second-order valence-corrected chi connectivity index (χ2v) is 4.14. The first-order valence-corrected chi connectivity index (χ1v) is 6.19. The molecule has 0 atom stereocenters. The summed E-state index contributed by atoms with van der Waals surface area (Å²) in [4.78, 5) is 0. The van der Waals surface area contributed by atoms with Crippen LogP contribution in [-0.2, 0) is 5.33 Å². The summed E-state index contributed by atoms with van der Waals surface area (Å²) in [5, 5.41) is 0.499. The molecule has 0 aliphatic carbocycles. The van der Waals surface area contributed by atoms with E-state index in [4.69, 9.17) is 4.74 Å². The number of ether oxygens (including phenoxy) is 1. The topological polar surface area (TPSA) is 9.23 Å². The maximum absolute atomic E-state index is 13.6. The van der Waals surface area contributed by atoms with Gasteiger partial charge in [-0.25, -0.2) is 13.2 Å². The Labute approximate surface area is 110 Å². The van der Waals surface area contributed by atoms with Crippen molar-refractivity contribution in [3.8, 4) is 11.5 Å². The van der Waals surface area contributed by atoms with Gasteiger partial charge in [-0.2, -0.15) is 0 Å². The molecule has 0 amide bonds. The van der Waals surface area contributed by atoms with Crippen LogP contribution in [0.25, 0.3) is 0 Å². The van der Waals surface area contributed by atoms with Gasteiger partial charge in [0.15, 0.2) is 23.1 Å². The van der Waals surface area contributed by atoms with Crippen molar-refractivity contribution in [1.29, 1.82) is 0 Å². The molecule has 2 aromatic carbocycles. The standard InChI is InChI=1S/C13H8BrF3O/c14-7-8-1-4-12(11(17)5-8)18-13-6-9(15)2-3-10(13)16/h1-6H,7H2. The highest BCUT2D eigenvalue weighted by molar-refractivity contribution is 9.08. The maximum atomic E-state index is 13.6. The lowest BCUT2D eigenvalue weighted by Gasteiger charge is -2.08. The van der Waals surface area contributed by atoms with E-state index in [9.17, 15) is 13.2 Å². The molecule has 0 spiro atoms. The van der Waals surface area contributed by atoms with E-state index in [1.54, 1.807) is 6.07 Å². The molecule has 0 unspecified atom stereocenters. The fourth-order valence-electron chi connectivity index (χ4n) is 1.38. The summed E-state index contributed by atoms with van der Waals surface area (Å²) in [6.45, 7) is 0. The number of rotatable bonds is 3. The van der Waals surface area contributed by atoms with Crippen LogP contribution in [-0.4, -0.2) is 0 Å². The zero-order chi connectivity index (χ0) is 13.1. The minimum atomic E-state index is -0.750. The molecule has 1 nitrogen and oxygen atoms in total. The molecule has 0 fully saturated rings. The molecular formula is C13H8BrF3O. The van der Waals surface area contributed by atoms with Crippen molar-refractivity contribution in [2.24, 2.45) is 0 Å². The first-order chi connectivity index (χ1) is 8.60. The van der Waals surface area contributed by atoms with Crippen LogP contribution in [0.5, 0.6) is 11.5 Å². The van der Waals surface area contributed by atoms with Crippen molar-refractivity contribution in [3.63, 3.8) is 0 Å². The summed E-state index contributed by atoms with van der Waals surface area (Å²) < 4.78 is 44.8. The van der Waals surface area contributed by atoms with Crippen LogP contribution >= 0.6 is 15.9 Å². The number of benzene rings is 2. The average Bonchev–Trinajstić information content (AvgIpc) is 2.36. The third kappa shape index (κ3) is 2.85. The van der Waals surface area contributed by atoms with Gasteiger partial charge in [0.25, 0.3) is 0 Å². The van der Waals surface area contributed by atoms with Crippen molar-refractivity contribution in [2.75, 3.05) is 0 Å². The minimum absolute atomic E-state index is 0.149. The van der Waals surface area contributed by atoms with Crippen molar-refractivity contribution in [3.05, 3.63) is 59.4 Å². The summed E-state index contributed by atoms with van der Waals surface area (Å²) >= 11 is 3.19. The molecule has 0 bridgehead atoms. The van der Waals surface area contributed by atoms with Crippen LogP contribution in [0.2, 0.25) is 0 Å². The summed E-state index contributed by atoms with van der Waals surface area (Å²) in [7, 11) is 0. The molecule has 0 radical (unpaired) electrons. The quantitative estimate of drug-likeness (QED) is 0.740. The summed E-state index contributed by atoms with van der Waals surface area (Å²) in [5.41, 5.74) is 0.722. The monoisotopic (exact) mass is 316 g/mol. The first-order valence-electron chi connectivity index (χ1n) is 5.07. The normalized spacial score (nSPS) is 10.4. The Hall–Kier alpha value is -1.49. The van der Waals surface area contributed by atoms with Gasteiger partial charge in [0.05, 0.1) is 0 Å². The van der Waals surface area contributed by atoms with E-state index in [0.717, 1.165) is 23.8 Å². The fraction of sp³-hybridized carbons (Fsp3) is 0.0769. The van der Waals surface area contributed by atoms with Crippen LogP contribution in [0.4, 0.5) is 13.2 Å². The highest BCUT2D eigenvalue weighted by Crippen LogP contribution is 2.28. The lowest BCUT2D eigenvalue weighted by molar-refractivity contribution is 0.410. The van der Waals surface area contributed by atoms with Crippen molar-refractivity contribution in [2.45, 2.75) is 5.33 Å². The first kappa shape index (κ1) is 13.0. The van der Waals surface area contributed by atoms with Gasteiger partial charge in [-0.15, -0.1) is 0 Å². The van der Waals surface area contributed by atoms with Gasteiger partial charge >= 0.3 is 0 Å². The number of hydrogen-bond acceptors (Lipinski definition) is 1. The van der Waals surface area contributed by atoms with Gasteiger partial charge in [0, 0.05) is 11.4 Å². The van der Waals surface area contributed by atoms with E-state index >= 15 is 0 Å². The lowest BCUT2D eigenvalue weighted by atomic mass is 10.2. The average molecular weight is 317 g/mol. The molecule has 0 aromatic heterocycles. The predicted octanol–water partition coefficient (Wildman–Crippen LogP) is 4.79. The Bertz CT molecular complexity index is 572. The summed E-state index contributed by atoms with van der Waals surface area (Å²) in [5.74, 6) is -2.52. The van der Waals surface area contributed by atoms with E-state index in [-0.39, 0.29) is 11.5 Å². The SMILES string of the molecule is Fc1ccc(F)c(Oc2ccc(CBr)cc2F)c1. The molecule has 0 N–H and O–H groups in total. The van der Waals surface area contributed by atoms with Crippen molar-refractivity contribution in [1.82, 2.24) is 0 Å². The fourth-order valence-corrected chi connectivity index (χ4v) is 1.73. The molecule has 18 heavy (non-hydrogen) atoms.